The van der Waals surface area contributed by atoms with E-state index in [0.29, 0.717) is 5.56 Å². The summed E-state index contributed by atoms with van der Waals surface area (Å²) in [5.41, 5.74) is 6.12. The number of rotatable bonds is 3. The van der Waals surface area contributed by atoms with Gasteiger partial charge in [-0.05, 0) is 30.2 Å². The Morgan fingerprint density at radius 2 is 2.04 bits per heavy atom. The predicted molar refractivity (Wildman–Crippen MR) is 88.0 cm³/mol. The average Bonchev–Trinajstić information content (AvgIpc) is 2.55. The minimum absolute atomic E-state index is 0.0562. The molecule has 0 radical (unpaired) electrons. The number of nitrogens with zero attached hydrogens (tertiary/aromatic N) is 1. The molecule has 25 heavy (non-hydrogen) atoms. The van der Waals surface area contributed by atoms with Crippen LogP contribution < -0.4 is 15.4 Å². The summed E-state index contributed by atoms with van der Waals surface area (Å²) in [4.78, 5) is 13.3. The number of fused-ring (bicyclic) bond motifs is 1. The van der Waals surface area contributed by atoms with Crippen LogP contribution in [-0.4, -0.2) is 19.0 Å². The average molecular weight is 371 g/mol. The maximum atomic E-state index is 13.5. The van der Waals surface area contributed by atoms with E-state index < -0.39 is 29.8 Å². The van der Waals surface area contributed by atoms with Crippen molar-refractivity contribution in [2.75, 3.05) is 11.9 Å². The van der Waals surface area contributed by atoms with E-state index in [1.165, 1.54) is 30.1 Å². The molecule has 132 valence electrons. The summed E-state index contributed by atoms with van der Waals surface area (Å²) in [7, 11) is 1.43. The van der Waals surface area contributed by atoms with E-state index in [4.69, 9.17) is 22.1 Å². The minimum atomic E-state index is -2.85. The third kappa shape index (κ3) is 3.17. The Kier molecular flexibility index (Phi) is 4.62. The molecule has 3 rings (SSSR count). The van der Waals surface area contributed by atoms with E-state index in [9.17, 15) is 18.0 Å². The van der Waals surface area contributed by atoms with Crippen LogP contribution in [0.25, 0.3) is 0 Å². The van der Waals surface area contributed by atoms with Gasteiger partial charge in [0.25, 0.3) is 6.43 Å². The van der Waals surface area contributed by atoms with Gasteiger partial charge in [-0.15, -0.1) is 0 Å². The molecule has 1 aliphatic heterocycles. The van der Waals surface area contributed by atoms with Crippen LogP contribution in [0.15, 0.2) is 30.3 Å². The van der Waals surface area contributed by atoms with Gasteiger partial charge in [-0.3, -0.25) is 4.79 Å². The first-order valence-corrected chi connectivity index (χ1v) is 7.77. The maximum absolute atomic E-state index is 13.5. The molecule has 2 aromatic carbocycles. The van der Waals surface area contributed by atoms with Crippen LogP contribution in [0.1, 0.15) is 17.6 Å². The van der Waals surface area contributed by atoms with Crippen molar-refractivity contribution in [2.45, 2.75) is 18.9 Å². The third-order valence-corrected chi connectivity index (χ3v) is 4.32. The number of halogens is 4. The molecule has 2 N–H and O–H groups in total. The van der Waals surface area contributed by atoms with E-state index in [-0.39, 0.29) is 28.6 Å². The zero-order chi connectivity index (χ0) is 18.3. The molecule has 1 amide bonds. The van der Waals surface area contributed by atoms with E-state index >= 15 is 0 Å². The van der Waals surface area contributed by atoms with Gasteiger partial charge in [0.15, 0.2) is 5.75 Å². The Bertz CT molecular complexity index is 845. The minimum Gasteiger partial charge on any atom is -0.453 e. The molecule has 0 fully saturated rings. The van der Waals surface area contributed by atoms with Crippen LogP contribution in [0.4, 0.5) is 18.9 Å². The van der Waals surface area contributed by atoms with Crippen LogP contribution in [0.5, 0.6) is 11.5 Å². The lowest BCUT2D eigenvalue weighted by molar-refractivity contribution is -0.119. The predicted octanol–water partition coefficient (Wildman–Crippen LogP) is 4.06. The third-order valence-electron chi connectivity index (χ3n) is 4.01. The van der Waals surface area contributed by atoms with Gasteiger partial charge in [0.05, 0.1) is 22.3 Å². The molecule has 4 nitrogen and oxygen atoms in total. The number of alkyl halides is 2. The lowest BCUT2D eigenvalue weighted by Gasteiger charge is -2.32. The number of anilines is 1. The first-order chi connectivity index (χ1) is 11.8. The number of carbonyl (C=O) groups is 1. The molecule has 2 aromatic rings. The lowest BCUT2D eigenvalue weighted by Crippen LogP contribution is -2.47. The van der Waals surface area contributed by atoms with Gasteiger partial charge < -0.3 is 15.4 Å². The van der Waals surface area contributed by atoms with E-state index in [2.05, 4.69) is 0 Å². The van der Waals surface area contributed by atoms with Crippen molar-refractivity contribution in [1.82, 2.24) is 0 Å². The van der Waals surface area contributed by atoms with Gasteiger partial charge in [-0.1, -0.05) is 17.7 Å². The number of carbonyl (C=O) groups excluding carboxylic acids is 1. The number of likely N-dealkylation sites (N-methyl/N-ethyl adjacent to an activating group) is 1. The monoisotopic (exact) mass is 370 g/mol. The fourth-order valence-corrected chi connectivity index (χ4v) is 2.94. The number of amides is 1. The van der Waals surface area contributed by atoms with Crippen LogP contribution in [0, 0.1) is 5.82 Å². The summed E-state index contributed by atoms with van der Waals surface area (Å²) >= 11 is 5.97. The van der Waals surface area contributed by atoms with E-state index in [0.717, 1.165) is 12.1 Å². The standard InChI is InChI=1S/C17H14ClF3N2O2/c1-23-14-8(6-12(22)17(23)24)2-4-10(16(20)21)15(14)25-13-7-9(19)3-5-11(13)18/h2-5,7,12,16H,6,22H2,1H3/t12-/m1/s1. The van der Waals surface area contributed by atoms with Crippen LogP contribution in [0.3, 0.4) is 0 Å². The van der Waals surface area contributed by atoms with Crippen LogP contribution >= 0.6 is 11.6 Å². The van der Waals surface area contributed by atoms with E-state index in [1.807, 2.05) is 0 Å². The van der Waals surface area contributed by atoms with Gasteiger partial charge in [-0.25, -0.2) is 13.2 Å². The van der Waals surface area contributed by atoms with Gasteiger partial charge in [0.2, 0.25) is 5.91 Å². The van der Waals surface area contributed by atoms with Gasteiger partial charge >= 0.3 is 0 Å². The summed E-state index contributed by atoms with van der Waals surface area (Å²) in [5.74, 6) is -1.40. The summed E-state index contributed by atoms with van der Waals surface area (Å²) < 4.78 is 46.0. The number of benzene rings is 2. The number of hydrogen-bond donors (Lipinski definition) is 1. The smallest absolute Gasteiger partial charge is 0.267 e. The topological polar surface area (TPSA) is 55.6 Å². The van der Waals surface area contributed by atoms with Crippen molar-refractivity contribution < 1.29 is 22.7 Å². The maximum Gasteiger partial charge on any atom is 0.267 e. The fourth-order valence-electron chi connectivity index (χ4n) is 2.79. The summed E-state index contributed by atoms with van der Waals surface area (Å²) in [6.45, 7) is 0. The van der Waals surface area contributed by atoms with Crippen molar-refractivity contribution in [3.8, 4) is 11.5 Å². The van der Waals surface area contributed by atoms with Crippen molar-refractivity contribution in [3.63, 3.8) is 0 Å². The Labute approximate surface area is 146 Å². The Morgan fingerprint density at radius 3 is 2.72 bits per heavy atom. The Morgan fingerprint density at radius 1 is 1.32 bits per heavy atom. The molecule has 0 unspecified atom stereocenters. The van der Waals surface area contributed by atoms with Gasteiger partial charge in [0, 0.05) is 13.1 Å². The molecular formula is C17H14ClF3N2O2. The molecule has 0 bridgehead atoms. The summed E-state index contributed by atoms with van der Waals surface area (Å²) in [6, 6.07) is 5.31. The Balaban J connectivity index is 2.18. The molecule has 0 saturated heterocycles. The highest BCUT2D eigenvalue weighted by molar-refractivity contribution is 6.32. The second kappa shape index (κ2) is 6.57. The summed E-state index contributed by atoms with van der Waals surface area (Å²) in [5, 5.41) is 0.0562. The second-order valence-corrected chi connectivity index (χ2v) is 6.08. The van der Waals surface area contributed by atoms with Gasteiger partial charge in [0.1, 0.15) is 11.6 Å². The number of hydrogen-bond acceptors (Lipinski definition) is 3. The molecule has 0 aromatic heterocycles. The summed E-state index contributed by atoms with van der Waals surface area (Å²) in [6.07, 6.45) is -2.67. The SMILES string of the molecule is CN1C(=O)[C@H](N)Cc2ccc(C(F)F)c(Oc3cc(F)ccc3Cl)c21. The molecule has 8 heteroatoms. The molecule has 1 heterocycles. The lowest BCUT2D eigenvalue weighted by atomic mass is 9.95. The number of nitrogens with two attached hydrogens (primary N) is 1. The first kappa shape index (κ1) is 17.6. The van der Waals surface area contributed by atoms with Crippen molar-refractivity contribution in [2.24, 2.45) is 5.73 Å². The molecule has 0 aliphatic carbocycles. The zero-order valence-electron chi connectivity index (χ0n) is 13.1. The second-order valence-electron chi connectivity index (χ2n) is 5.68. The first-order valence-electron chi connectivity index (χ1n) is 7.39. The molecule has 1 aliphatic rings. The molecule has 1 atom stereocenters. The Hall–Kier alpha value is -2.25. The molecule has 0 spiro atoms. The van der Waals surface area contributed by atoms with E-state index in [1.54, 1.807) is 0 Å². The fraction of sp³-hybridized carbons (Fsp3) is 0.235. The largest absolute Gasteiger partial charge is 0.453 e. The zero-order valence-corrected chi connectivity index (χ0v) is 13.9. The molecule has 0 saturated carbocycles. The molecular weight excluding hydrogens is 357 g/mol. The highest BCUT2D eigenvalue weighted by Crippen LogP contribution is 2.45. The highest BCUT2D eigenvalue weighted by Gasteiger charge is 2.33. The van der Waals surface area contributed by atoms with Crippen molar-refractivity contribution in [1.29, 1.82) is 0 Å². The van der Waals surface area contributed by atoms with Crippen LogP contribution in [-0.2, 0) is 11.2 Å². The normalized spacial score (nSPS) is 17.0. The highest BCUT2D eigenvalue weighted by atomic mass is 35.5. The van der Waals surface area contributed by atoms with Gasteiger partial charge in [-0.2, -0.15) is 0 Å². The number of ether oxygens (including phenoxy) is 1. The van der Waals surface area contributed by atoms with Crippen molar-refractivity contribution in [3.05, 3.63) is 52.3 Å². The quantitative estimate of drug-likeness (QED) is 0.886. The van der Waals surface area contributed by atoms with Crippen LogP contribution in [0.2, 0.25) is 5.02 Å². The van der Waals surface area contributed by atoms with Crippen molar-refractivity contribution >= 4 is 23.2 Å².